The number of hydrogen-bond acceptors (Lipinski definition) is 3. The van der Waals surface area contributed by atoms with Crippen molar-refractivity contribution in [1.82, 2.24) is 4.90 Å². The van der Waals surface area contributed by atoms with E-state index >= 15 is 0 Å². The van der Waals surface area contributed by atoms with Crippen molar-refractivity contribution in [2.45, 2.75) is 59.9 Å². The van der Waals surface area contributed by atoms with Crippen LogP contribution in [0.15, 0.2) is 16.8 Å². The Hall–Kier alpha value is -1.32. The van der Waals surface area contributed by atoms with E-state index in [0.29, 0.717) is 12.4 Å². The second-order valence-corrected chi connectivity index (χ2v) is 4.48. The first-order valence-corrected chi connectivity index (χ1v) is 7.19. The van der Waals surface area contributed by atoms with Crippen molar-refractivity contribution in [3.05, 3.63) is 11.8 Å². The highest BCUT2D eigenvalue weighted by Gasteiger charge is 2.21. The molecule has 110 valence electrons. The number of nitrogens with zero attached hydrogens (tertiary/aromatic N) is 2. The molecule has 0 spiro atoms. The van der Waals surface area contributed by atoms with Crippen LogP contribution in [0.4, 0.5) is 0 Å². The Morgan fingerprint density at radius 3 is 2.37 bits per heavy atom. The van der Waals surface area contributed by atoms with Crippen LogP contribution in [0.25, 0.3) is 0 Å². The van der Waals surface area contributed by atoms with Crippen LogP contribution in [-0.2, 0) is 9.53 Å². The average molecular weight is 268 g/mol. The third-order valence-corrected chi connectivity index (χ3v) is 3.10. The molecular formula is C15H28N2O2. The molecule has 0 radical (unpaired) electrons. The first-order valence-electron chi connectivity index (χ1n) is 7.19. The van der Waals surface area contributed by atoms with E-state index < -0.39 is 0 Å². The molecule has 0 aromatic carbocycles. The van der Waals surface area contributed by atoms with Gasteiger partial charge in [-0.05, 0) is 33.1 Å². The third kappa shape index (κ3) is 5.90. The lowest BCUT2D eigenvalue weighted by atomic mass is 10.2. The molecule has 4 heteroatoms. The maximum absolute atomic E-state index is 12.0. The summed E-state index contributed by atoms with van der Waals surface area (Å²) in [6, 6.07) is 0.253. The van der Waals surface area contributed by atoms with Gasteiger partial charge in [0.05, 0.1) is 6.61 Å². The summed E-state index contributed by atoms with van der Waals surface area (Å²) in [6.45, 7) is 10.4. The van der Waals surface area contributed by atoms with Gasteiger partial charge in [-0.25, -0.2) is 9.79 Å². The molecule has 1 atom stereocenters. The Morgan fingerprint density at radius 1 is 1.32 bits per heavy atom. The highest BCUT2D eigenvalue weighted by Crippen LogP contribution is 2.10. The van der Waals surface area contributed by atoms with E-state index in [2.05, 4.69) is 25.8 Å². The molecule has 0 rings (SSSR count). The van der Waals surface area contributed by atoms with E-state index in [1.165, 1.54) is 0 Å². The highest BCUT2D eigenvalue weighted by atomic mass is 16.5. The number of rotatable bonds is 6. The Bertz CT molecular complexity index is 335. The number of hydrogen-bond donors (Lipinski definition) is 0. The molecule has 0 aromatic rings. The molecule has 0 saturated heterocycles. The molecular weight excluding hydrogens is 240 g/mol. The van der Waals surface area contributed by atoms with Gasteiger partial charge in [-0.15, -0.1) is 0 Å². The second kappa shape index (κ2) is 9.59. The molecule has 0 fully saturated rings. The van der Waals surface area contributed by atoms with Gasteiger partial charge in [0.2, 0.25) is 5.84 Å². The van der Waals surface area contributed by atoms with Crippen LogP contribution in [0.5, 0.6) is 0 Å². The number of likely N-dealkylation sites (N-methyl/N-ethyl adjacent to an activating group) is 1. The van der Waals surface area contributed by atoms with Crippen LogP contribution in [0.1, 0.15) is 53.9 Å². The van der Waals surface area contributed by atoms with Crippen molar-refractivity contribution in [2.75, 3.05) is 13.7 Å². The Labute approximate surface area is 117 Å². The number of aliphatic imine (C=N–C) groups is 1. The summed E-state index contributed by atoms with van der Waals surface area (Å²) in [4.78, 5) is 18.4. The van der Waals surface area contributed by atoms with Gasteiger partial charge < -0.3 is 9.64 Å². The van der Waals surface area contributed by atoms with Crippen LogP contribution in [0, 0.1) is 0 Å². The zero-order chi connectivity index (χ0) is 14.8. The summed E-state index contributed by atoms with van der Waals surface area (Å²) >= 11 is 0. The van der Waals surface area contributed by atoms with Crippen molar-refractivity contribution < 1.29 is 9.53 Å². The van der Waals surface area contributed by atoms with Crippen molar-refractivity contribution >= 4 is 11.8 Å². The third-order valence-electron chi connectivity index (χ3n) is 3.10. The molecule has 0 aliphatic carbocycles. The van der Waals surface area contributed by atoms with Gasteiger partial charge in [-0.3, -0.25) is 0 Å². The maximum Gasteiger partial charge on any atom is 0.374 e. The average Bonchev–Trinajstić information content (AvgIpc) is 2.41. The molecule has 19 heavy (non-hydrogen) atoms. The highest BCUT2D eigenvalue weighted by molar-refractivity contribution is 6.35. The lowest BCUT2D eigenvalue weighted by Crippen LogP contribution is -2.40. The monoisotopic (exact) mass is 268 g/mol. The molecule has 0 aliphatic rings. The number of ether oxygens (including phenoxy) is 1. The predicted molar refractivity (Wildman–Crippen MR) is 80.2 cm³/mol. The first-order chi connectivity index (χ1) is 9.01. The van der Waals surface area contributed by atoms with Crippen molar-refractivity contribution in [3.8, 4) is 0 Å². The molecule has 0 heterocycles. The minimum Gasteiger partial charge on any atom is -0.460 e. The molecule has 0 aromatic heterocycles. The van der Waals surface area contributed by atoms with Crippen molar-refractivity contribution in [2.24, 2.45) is 4.99 Å². The molecule has 0 saturated carbocycles. The van der Waals surface area contributed by atoms with E-state index in [9.17, 15) is 4.79 Å². The SMILES string of the molecule is CC/C=C(CC)/N=C(/C(=O)OCC)N(C)C(C)CC. The zero-order valence-corrected chi connectivity index (χ0v) is 13.2. The molecule has 0 N–H and O–H groups in total. The van der Waals surface area contributed by atoms with Crippen LogP contribution in [0.3, 0.4) is 0 Å². The van der Waals surface area contributed by atoms with Gasteiger partial charge in [-0.2, -0.15) is 0 Å². The largest absolute Gasteiger partial charge is 0.460 e. The summed E-state index contributed by atoms with van der Waals surface area (Å²) in [5.74, 6) is 0.0542. The summed E-state index contributed by atoms with van der Waals surface area (Å²) in [7, 11) is 1.89. The predicted octanol–water partition coefficient (Wildman–Crippen LogP) is 3.38. The lowest BCUT2D eigenvalue weighted by molar-refractivity contribution is -0.135. The summed E-state index contributed by atoms with van der Waals surface area (Å²) in [5.41, 5.74) is 0.931. The minimum atomic E-state index is -0.347. The van der Waals surface area contributed by atoms with E-state index in [4.69, 9.17) is 4.74 Å². The van der Waals surface area contributed by atoms with Gasteiger partial charge >= 0.3 is 5.97 Å². The summed E-state index contributed by atoms with van der Waals surface area (Å²) in [6.07, 6.45) is 4.72. The molecule has 0 bridgehead atoms. The fourth-order valence-electron chi connectivity index (χ4n) is 1.59. The lowest BCUT2D eigenvalue weighted by Gasteiger charge is -2.26. The molecule has 4 nitrogen and oxygen atoms in total. The van der Waals surface area contributed by atoms with Crippen LogP contribution < -0.4 is 0 Å². The standard InChI is InChI=1S/C15H28N2O2/c1-7-11-13(9-3)16-14(15(18)19-10-4)17(6)12(5)8-2/h11-12H,7-10H2,1-6H3/b13-11+,16-14-. The quantitative estimate of drug-likeness (QED) is 0.421. The Morgan fingerprint density at radius 2 is 1.95 bits per heavy atom. The van der Waals surface area contributed by atoms with Crippen LogP contribution in [-0.4, -0.2) is 36.4 Å². The fraction of sp³-hybridized carbons (Fsp3) is 0.733. The fourth-order valence-corrected chi connectivity index (χ4v) is 1.59. The van der Waals surface area contributed by atoms with E-state index in [1.807, 2.05) is 24.9 Å². The molecule has 0 amide bonds. The van der Waals surface area contributed by atoms with E-state index in [0.717, 1.165) is 25.0 Å². The number of amidine groups is 1. The van der Waals surface area contributed by atoms with Crippen molar-refractivity contribution in [3.63, 3.8) is 0 Å². The van der Waals surface area contributed by atoms with E-state index in [-0.39, 0.29) is 12.0 Å². The number of allylic oxidation sites excluding steroid dienone is 2. The molecule has 1 unspecified atom stereocenters. The minimum absolute atomic E-state index is 0.253. The Kier molecular flexibility index (Phi) is 8.92. The van der Waals surface area contributed by atoms with Gasteiger partial charge in [0.25, 0.3) is 0 Å². The van der Waals surface area contributed by atoms with Gasteiger partial charge in [-0.1, -0.05) is 26.8 Å². The van der Waals surface area contributed by atoms with Crippen molar-refractivity contribution in [1.29, 1.82) is 0 Å². The van der Waals surface area contributed by atoms with Gasteiger partial charge in [0.15, 0.2) is 0 Å². The first kappa shape index (κ1) is 17.7. The van der Waals surface area contributed by atoms with Crippen LogP contribution >= 0.6 is 0 Å². The normalized spacial score (nSPS) is 14.2. The smallest absolute Gasteiger partial charge is 0.374 e. The number of carbonyl (C=O) groups excluding carboxylic acids is 1. The van der Waals surface area contributed by atoms with E-state index in [1.54, 1.807) is 6.92 Å². The number of esters is 1. The maximum atomic E-state index is 12.0. The van der Waals surface area contributed by atoms with Gasteiger partial charge in [0, 0.05) is 18.8 Å². The van der Waals surface area contributed by atoms with Crippen LogP contribution in [0.2, 0.25) is 0 Å². The zero-order valence-electron chi connectivity index (χ0n) is 13.2. The van der Waals surface area contributed by atoms with Gasteiger partial charge in [0.1, 0.15) is 0 Å². The number of carbonyl (C=O) groups is 1. The second-order valence-electron chi connectivity index (χ2n) is 4.48. The topological polar surface area (TPSA) is 41.9 Å². The molecule has 0 aliphatic heterocycles. The Balaban J connectivity index is 5.31. The summed E-state index contributed by atoms with van der Waals surface area (Å²) in [5, 5.41) is 0. The summed E-state index contributed by atoms with van der Waals surface area (Å²) < 4.78 is 5.10.